The highest BCUT2D eigenvalue weighted by Crippen LogP contribution is 2.36. The Labute approximate surface area is 184 Å². The Morgan fingerprint density at radius 2 is 1.31 bits per heavy atom. The number of rotatable bonds is 7. The molecule has 0 fully saturated rings. The van der Waals surface area contributed by atoms with E-state index in [4.69, 9.17) is 9.47 Å². The molecule has 152 valence electrons. The smallest absolute Gasteiger partial charge is 0.182 e. The highest BCUT2D eigenvalue weighted by atomic mass is 79.9. The van der Waals surface area contributed by atoms with Crippen molar-refractivity contribution in [3.63, 3.8) is 0 Å². The molecule has 0 saturated heterocycles. The third-order valence-electron chi connectivity index (χ3n) is 3.72. The third-order valence-corrected chi connectivity index (χ3v) is 4.93. The van der Waals surface area contributed by atoms with Crippen LogP contribution >= 0.6 is 31.9 Å². The number of ketones is 1. The summed E-state index contributed by atoms with van der Waals surface area (Å²) in [7, 11) is 2.86. The Morgan fingerprint density at radius 1 is 0.862 bits per heavy atom. The lowest BCUT2D eigenvalue weighted by Crippen LogP contribution is -1.90. The van der Waals surface area contributed by atoms with Gasteiger partial charge in [-0.05, 0) is 79.4 Å². The lowest BCUT2D eigenvalue weighted by atomic mass is 10.1. The topological polar surface area (TPSA) is 96.2 Å². The van der Waals surface area contributed by atoms with Crippen LogP contribution in [0, 0.1) is 0 Å². The average molecular weight is 526 g/mol. The van der Waals surface area contributed by atoms with Gasteiger partial charge in [-0.25, -0.2) is 0 Å². The maximum absolute atomic E-state index is 12.0. The van der Waals surface area contributed by atoms with Crippen LogP contribution in [-0.4, -0.2) is 35.3 Å². The Morgan fingerprint density at radius 3 is 1.76 bits per heavy atom. The number of benzene rings is 2. The van der Waals surface area contributed by atoms with Gasteiger partial charge in [-0.1, -0.05) is 12.2 Å². The number of halogens is 2. The first-order valence-corrected chi connectivity index (χ1v) is 9.77. The van der Waals surface area contributed by atoms with E-state index in [1.54, 1.807) is 30.3 Å². The zero-order valence-electron chi connectivity index (χ0n) is 15.5. The van der Waals surface area contributed by atoms with Crippen LogP contribution < -0.4 is 9.47 Å². The first kappa shape index (κ1) is 22.6. The molecule has 0 amide bonds. The fraction of sp³-hybridized carbons (Fsp3) is 0.0952. The number of allylic oxidation sites excluding steroid dienone is 3. The highest BCUT2D eigenvalue weighted by molar-refractivity contribution is 9.10. The zero-order valence-corrected chi connectivity index (χ0v) is 18.7. The number of phenolic OH excluding ortho intramolecular Hbond substituents is 2. The van der Waals surface area contributed by atoms with E-state index < -0.39 is 5.78 Å². The molecule has 0 aliphatic carbocycles. The van der Waals surface area contributed by atoms with E-state index >= 15 is 0 Å². The molecule has 2 aromatic carbocycles. The van der Waals surface area contributed by atoms with E-state index in [1.165, 1.54) is 32.4 Å². The summed E-state index contributed by atoms with van der Waals surface area (Å²) in [4.78, 5) is 12.0. The van der Waals surface area contributed by atoms with Gasteiger partial charge in [0.2, 0.25) is 0 Å². The number of hydrogen-bond acceptors (Lipinski definition) is 6. The molecule has 0 aromatic heterocycles. The predicted molar refractivity (Wildman–Crippen MR) is 119 cm³/mol. The number of aliphatic hydroxyl groups is 1. The Bertz CT molecular complexity index is 1010. The number of hydrogen-bond donors (Lipinski definition) is 3. The molecular weight excluding hydrogens is 508 g/mol. The third kappa shape index (κ3) is 6.13. The second-order valence-electron chi connectivity index (χ2n) is 5.75. The van der Waals surface area contributed by atoms with Gasteiger partial charge in [-0.2, -0.15) is 0 Å². The van der Waals surface area contributed by atoms with Crippen LogP contribution in [0.4, 0.5) is 0 Å². The monoisotopic (exact) mass is 524 g/mol. The fourth-order valence-electron chi connectivity index (χ4n) is 2.29. The summed E-state index contributed by atoms with van der Waals surface area (Å²) in [5.74, 6) is -0.189. The molecule has 0 saturated carbocycles. The molecule has 2 rings (SSSR count). The van der Waals surface area contributed by atoms with Gasteiger partial charge in [-0.3, -0.25) is 4.79 Å². The molecule has 2 aromatic rings. The van der Waals surface area contributed by atoms with Crippen molar-refractivity contribution >= 4 is 49.8 Å². The van der Waals surface area contributed by atoms with Crippen LogP contribution in [0.2, 0.25) is 0 Å². The second-order valence-corrected chi connectivity index (χ2v) is 7.45. The van der Waals surface area contributed by atoms with Crippen molar-refractivity contribution in [2.45, 2.75) is 0 Å². The summed E-state index contributed by atoms with van der Waals surface area (Å²) >= 11 is 6.42. The molecule has 0 bridgehead atoms. The van der Waals surface area contributed by atoms with Gasteiger partial charge in [0, 0.05) is 6.08 Å². The summed E-state index contributed by atoms with van der Waals surface area (Å²) < 4.78 is 11.0. The molecule has 0 aliphatic heterocycles. The molecule has 0 atom stereocenters. The lowest BCUT2D eigenvalue weighted by Gasteiger charge is -2.06. The molecule has 0 unspecified atom stereocenters. The van der Waals surface area contributed by atoms with Crippen molar-refractivity contribution in [1.82, 2.24) is 0 Å². The largest absolute Gasteiger partial charge is 0.508 e. The zero-order chi connectivity index (χ0) is 21.6. The van der Waals surface area contributed by atoms with Crippen LogP contribution in [0.1, 0.15) is 11.1 Å². The number of aliphatic hydroxyl groups excluding tert-OH is 1. The van der Waals surface area contributed by atoms with Crippen molar-refractivity contribution in [1.29, 1.82) is 0 Å². The molecule has 0 heterocycles. The van der Waals surface area contributed by atoms with E-state index in [-0.39, 0.29) is 28.8 Å². The van der Waals surface area contributed by atoms with Crippen molar-refractivity contribution in [2.24, 2.45) is 0 Å². The number of phenols is 2. The van der Waals surface area contributed by atoms with E-state index in [0.29, 0.717) is 20.1 Å². The maximum atomic E-state index is 12.0. The van der Waals surface area contributed by atoms with Gasteiger partial charge < -0.3 is 24.8 Å². The van der Waals surface area contributed by atoms with Gasteiger partial charge in [0.25, 0.3) is 0 Å². The first-order chi connectivity index (χ1) is 13.7. The first-order valence-electron chi connectivity index (χ1n) is 8.19. The molecule has 29 heavy (non-hydrogen) atoms. The second kappa shape index (κ2) is 10.2. The minimum atomic E-state index is -0.431. The summed E-state index contributed by atoms with van der Waals surface area (Å²) in [5.41, 5.74) is 1.28. The summed E-state index contributed by atoms with van der Waals surface area (Å²) in [5, 5.41) is 29.6. The van der Waals surface area contributed by atoms with E-state index in [2.05, 4.69) is 31.9 Å². The van der Waals surface area contributed by atoms with Gasteiger partial charge in [0.1, 0.15) is 5.76 Å². The van der Waals surface area contributed by atoms with E-state index in [9.17, 15) is 20.1 Å². The molecule has 3 N–H and O–H groups in total. The van der Waals surface area contributed by atoms with Gasteiger partial charge in [0.15, 0.2) is 28.8 Å². The Balaban J connectivity index is 2.13. The predicted octanol–water partition coefficient (Wildman–Crippen LogP) is 5.38. The van der Waals surface area contributed by atoms with Crippen molar-refractivity contribution in [2.75, 3.05) is 14.2 Å². The quantitative estimate of drug-likeness (QED) is 0.255. The molecule has 6 nitrogen and oxygen atoms in total. The summed E-state index contributed by atoms with van der Waals surface area (Å²) in [6, 6.07) is 6.42. The molecule has 0 aliphatic rings. The van der Waals surface area contributed by atoms with E-state index in [0.717, 1.165) is 6.08 Å². The van der Waals surface area contributed by atoms with Crippen LogP contribution in [-0.2, 0) is 4.79 Å². The highest BCUT2D eigenvalue weighted by Gasteiger charge is 2.08. The van der Waals surface area contributed by atoms with Crippen LogP contribution in [0.25, 0.3) is 12.2 Å². The molecule has 8 heteroatoms. The van der Waals surface area contributed by atoms with Crippen LogP contribution in [0.3, 0.4) is 0 Å². The minimum Gasteiger partial charge on any atom is -0.508 e. The van der Waals surface area contributed by atoms with Gasteiger partial charge in [-0.15, -0.1) is 0 Å². The van der Waals surface area contributed by atoms with Crippen molar-refractivity contribution in [3.8, 4) is 23.0 Å². The lowest BCUT2D eigenvalue weighted by molar-refractivity contribution is -0.110. The van der Waals surface area contributed by atoms with E-state index in [1.807, 2.05) is 0 Å². The normalized spacial score (nSPS) is 11.9. The standard InChI is InChI=1S/C21H18Br2O6/c1-28-18-9-12(7-16(22)20(18)26)3-5-14(24)11-15(25)6-4-13-8-17(23)21(27)19(10-13)29-2/h3-11,24,26-27H,1-2H3/b5-3+,6-4+,14-11-. The number of ether oxygens (including phenoxy) is 2. The SMILES string of the molecule is COc1cc(/C=C/C(=O)/C=C(O)/C=C/c2cc(Br)c(O)c(OC)c2)cc(Br)c1O. The van der Waals surface area contributed by atoms with Crippen molar-refractivity contribution < 1.29 is 29.6 Å². The maximum Gasteiger partial charge on any atom is 0.182 e. The number of aromatic hydroxyl groups is 2. The molecule has 0 radical (unpaired) electrons. The number of carbonyl (C=O) groups is 1. The van der Waals surface area contributed by atoms with Crippen LogP contribution in [0.5, 0.6) is 23.0 Å². The fourth-order valence-corrected chi connectivity index (χ4v) is 3.21. The summed E-state index contributed by atoms with van der Waals surface area (Å²) in [6.07, 6.45) is 6.79. The number of methoxy groups -OCH3 is 2. The Kier molecular flexibility index (Phi) is 7.92. The van der Waals surface area contributed by atoms with Gasteiger partial charge >= 0.3 is 0 Å². The minimum absolute atomic E-state index is 0.0257. The van der Waals surface area contributed by atoms with Crippen molar-refractivity contribution in [3.05, 3.63) is 68.3 Å². The molecule has 0 spiro atoms. The van der Waals surface area contributed by atoms with Gasteiger partial charge in [0.05, 0.1) is 23.2 Å². The summed E-state index contributed by atoms with van der Waals surface area (Å²) in [6.45, 7) is 0. The average Bonchev–Trinajstić information content (AvgIpc) is 2.69. The Hall–Kier alpha value is -2.71. The van der Waals surface area contributed by atoms with Crippen LogP contribution in [0.15, 0.2) is 57.2 Å². The number of carbonyl (C=O) groups excluding carboxylic acids is 1. The molecular formula is C21H18Br2O6.